The molecule has 1 aliphatic carbocycles. The van der Waals surface area contributed by atoms with E-state index in [0.29, 0.717) is 24.8 Å². The molecule has 5 heteroatoms. The summed E-state index contributed by atoms with van der Waals surface area (Å²) < 4.78 is 0. The first-order valence-corrected chi connectivity index (χ1v) is 9.62. The lowest BCUT2D eigenvalue weighted by Gasteiger charge is -2.37. The molecule has 2 fully saturated rings. The van der Waals surface area contributed by atoms with Gasteiger partial charge < -0.3 is 16.4 Å². The van der Waals surface area contributed by atoms with Gasteiger partial charge in [0.05, 0.1) is 5.52 Å². The zero-order valence-electron chi connectivity index (χ0n) is 15.4. The summed E-state index contributed by atoms with van der Waals surface area (Å²) in [5.41, 5.74) is 15.2. The van der Waals surface area contributed by atoms with E-state index in [1.165, 1.54) is 10.9 Å². The van der Waals surface area contributed by atoms with E-state index >= 15 is 0 Å². The van der Waals surface area contributed by atoms with Crippen LogP contribution in [0.15, 0.2) is 30.5 Å². The molecule has 1 aromatic heterocycles. The van der Waals surface area contributed by atoms with E-state index in [2.05, 4.69) is 30.1 Å². The maximum Gasteiger partial charge on any atom is 0.224 e. The molecule has 2 aliphatic rings. The third-order valence-corrected chi connectivity index (χ3v) is 5.95. The van der Waals surface area contributed by atoms with Crippen LogP contribution < -0.4 is 11.5 Å². The van der Waals surface area contributed by atoms with Crippen molar-refractivity contribution in [3.8, 4) is 0 Å². The number of fused-ring (bicyclic) bond motifs is 1. The number of hydrogen-bond donors (Lipinski definition) is 2. The zero-order chi connectivity index (χ0) is 18.3. The van der Waals surface area contributed by atoms with Gasteiger partial charge in [-0.15, -0.1) is 0 Å². The summed E-state index contributed by atoms with van der Waals surface area (Å²) in [6.07, 6.45) is 5.34. The monoisotopic (exact) mass is 352 g/mol. The smallest absolute Gasteiger partial charge is 0.224 e. The summed E-state index contributed by atoms with van der Waals surface area (Å²) in [6.45, 7) is 4.32. The Morgan fingerprint density at radius 2 is 2.12 bits per heavy atom. The van der Waals surface area contributed by atoms with Crippen molar-refractivity contribution in [2.45, 2.75) is 50.6 Å². The number of piperidine rings is 1. The SMILES string of the molecule is C[C@@H]1C[C@H](c2ccc(CN)c3ncccc23)CN(C(=O)CC2(N)CC2)C1. The van der Waals surface area contributed by atoms with Gasteiger partial charge in [-0.3, -0.25) is 9.78 Å². The molecule has 0 spiro atoms. The zero-order valence-corrected chi connectivity index (χ0v) is 15.4. The van der Waals surface area contributed by atoms with Crippen molar-refractivity contribution < 1.29 is 4.79 Å². The molecule has 2 atom stereocenters. The summed E-state index contributed by atoms with van der Waals surface area (Å²) >= 11 is 0. The van der Waals surface area contributed by atoms with Gasteiger partial charge in [0.2, 0.25) is 5.91 Å². The molecule has 5 nitrogen and oxygen atoms in total. The van der Waals surface area contributed by atoms with Crippen LogP contribution in [-0.4, -0.2) is 34.4 Å². The number of carbonyl (C=O) groups excluding carboxylic acids is 1. The second-order valence-corrected chi connectivity index (χ2v) is 8.29. The van der Waals surface area contributed by atoms with Crippen LogP contribution in [0.2, 0.25) is 0 Å². The van der Waals surface area contributed by atoms with E-state index < -0.39 is 0 Å². The van der Waals surface area contributed by atoms with Crippen LogP contribution in [0.4, 0.5) is 0 Å². The van der Waals surface area contributed by atoms with Crippen LogP contribution in [0.25, 0.3) is 10.9 Å². The maximum absolute atomic E-state index is 12.8. The fourth-order valence-electron chi connectivity index (χ4n) is 4.30. The minimum absolute atomic E-state index is 0.211. The predicted molar refractivity (Wildman–Crippen MR) is 104 cm³/mol. The lowest BCUT2D eigenvalue weighted by molar-refractivity contribution is -0.133. The predicted octanol–water partition coefficient (Wildman–Crippen LogP) is 2.53. The van der Waals surface area contributed by atoms with Crippen LogP contribution in [0.1, 0.15) is 49.7 Å². The molecular weight excluding hydrogens is 324 g/mol. The average molecular weight is 352 g/mol. The molecule has 1 saturated carbocycles. The molecule has 2 aromatic rings. The second-order valence-electron chi connectivity index (χ2n) is 8.29. The van der Waals surface area contributed by atoms with Crippen molar-refractivity contribution in [1.29, 1.82) is 0 Å². The van der Waals surface area contributed by atoms with Crippen LogP contribution >= 0.6 is 0 Å². The van der Waals surface area contributed by atoms with Crippen LogP contribution in [0, 0.1) is 5.92 Å². The minimum atomic E-state index is -0.230. The first-order valence-electron chi connectivity index (χ1n) is 9.62. The molecule has 138 valence electrons. The molecule has 26 heavy (non-hydrogen) atoms. The van der Waals surface area contributed by atoms with E-state index in [9.17, 15) is 4.79 Å². The lowest BCUT2D eigenvalue weighted by Crippen LogP contribution is -2.44. The Morgan fingerprint density at radius 1 is 1.31 bits per heavy atom. The Kier molecular flexibility index (Phi) is 4.45. The van der Waals surface area contributed by atoms with Gasteiger partial charge >= 0.3 is 0 Å². The van der Waals surface area contributed by atoms with Gasteiger partial charge in [-0.2, -0.15) is 0 Å². The van der Waals surface area contributed by atoms with Crippen molar-refractivity contribution in [1.82, 2.24) is 9.88 Å². The van der Waals surface area contributed by atoms with Crippen LogP contribution in [-0.2, 0) is 11.3 Å². The van der Waals surface area contributed by atoms with Gasteiger partial charge in [-0.1, -0.05) is 25.1 Å². The fraction of sp³-hybridized carbons (Fsp3) is 0.524. The van der Waals surface area contributed by atoms with Crippen molar-refractivity contribution in [3.05, 3.63) is 41.6 Å². The number of nitrogens with zero attached hydrogens (tertiary/aromatic N) is 2. The molecule has 0 bridgehead atoms. The third kappa shape index (κ3) is 3.33. The number of hydrogen-bond acceptors (Lipinski definition) is 4. The molecule has 1 saturated heterocycles. The highest BCUT2D eigenvalue weighted by atomic mass is 16.2. The number of rotatable bonds is 4. The minimum Gasteiger partial charge on any atom is -0.342 e. The number of pyridine rings is 1. The maximum atomic E-state index is 12.8. The molecule has 0 radical (unpaired) electrons. The largest absolute Gasteiger partial charge is 0.342 e. The van der Waals surface area contributed by atoms with E-state index in [-0.39, 0.29) is 11.4 Å². The van der Waals surface area contributed by atoms with Crippen molar-refractivity contribution in [2.75, 3.05) is 13.1 Å². The standard InChI is InChI=1S/C21H28N4O/c1-14-9-16(13-25(12-14)19(26)10-21(23)6-7-21)17-5-4-15(11-22)20-18(17)3-2-8-24-20/h2-5,8,14,16H,6-7,9-13,22-23H2,1H3/t14-,16+/m1/s1. The van der Waals surface area contributed by atoms with Gasteiger partial charge in [0.1, 0.15) is 0 Å². The quantitative estimate of drug-likeness (QED) is 0.885. The Bertz CT molecular complexity index is 830. The third-order valence-electron chi connectivity index (χ3n) is 5.95. The lowest BCUT2D eigenvalue weighted by atomic mass is 9.83. The van der Waals surface area contributed by atoms with E-state index in [1.54, 1.807) is 0 Å². The molecule has 1 aromatic carbocycles. The summed E-state index contributed by atoms with van der Waals surface area (Å²) in [5.74, 6) is 1.02. The normalized spacial score (nSPS) is 24.7. The molecule has 4 N–H and O–H groups in total. The fourth-order valence-corrected chi connectivity index (χ4v) is 4.30. The Morgan fingerprint density at radius 3 is 2.85 bits per heavy atom. The van der Waals surface area contributed by atoms with Gasteiger partial charge in [0, 0.05) is 49.1 Å². The van der Waals surface area contributed by atoms with E-state index in [1.807, 2.05) is 17.2 Å². The summed E-state index contributed by atoms with van der Waals surface area (Å²) in [7, 11) is 0. The number of amides is 1. The van der Waals surface area contributed by atoms with Crippen molar-refractivity contribution in [2.24, 2.45) is 17.4 Å². The number of benzene rings is 1. The van der Waals surface area contributed by atoms with Crippen molar-refractivity contribution >= 4 is 16.8 Å². The summed E-state index contributed by atoms with van der Waals surface area (Å²) in [5, 5.41) is 1.17. The number of carbonyl (C=O) groups is 1. The van der Waals surface area contributed by atoms with E-state index in [0.717, 1.165) is 43.4 Å². The molecule has 1 amide bonds. The molecule has 2 heterocycles. The van der Waals surface area contributed by atoms with Crippen LogP contribution in [0.3, 0.4) is 0 Å². The van der Waals surface area contributed by atoms with Gasteiger partial charge in [-0.05, 0) is 42.4 Å². The van der Waals surface area contributed by atoms with Gasteiger partial charge in [0.25, 0.3) is 0 Å². The van der Waals surface area contributed by atoms with E-state index in [4.69, 9.17) is 11.5 Å². The summed E-state index contributed by atoms with van der Waals surface area (Å²) in [4.78, 5) is 19.4. The number of aromatic nitrogens is 1. The van der Waals surface area contributed by atoms with Crippen LogP contribution in [0.5, 0.6) is 0 Å². The number of nitrogens with two attached hydrogens (primary N) is 2. The summed E-state index contributed by atoms with van der Waals surface area (Å²) in [6, 6.07) is 8.38. The highest BCUT2D eigenvalue weighted by Gasteiger charge is 2.42. The van der Waals surface area contributed by atoms with Gasteiger partial charge in [-0.25, -0.2) is 0 Å². The Hall–Kier alpha value is -1.98. The molecule has 0 unspecified atom stereocenters. The topological polar surface area (TPSA) is 85.2 Å². The highest BCUT2D eigenvalue weighted by molar-refractivity contribution is 5.86. The van der Waals surface area contributed by atoms with Crippen molar-refractivity contribution in [3.63, 3.8) is 0 Å². The first-order chi connectivity index (χ1) is 12.5. The molecule has 1 aliphatic heterocycles. The molecular formula is C21H28N4O. The Balaban J connectivity index is 1.62. The average Bonchev–Trinajstić information content (AvgIpc) is 3.36. The highest BCUT2D eigenvalue weighted by Crippen LogP contribution is 2.38. The second kappa shape index (κ2) is 6.63. The molecule has 4 rings (SSSR count). The number of likely N-dealkylation sites (tertiary alicyclic amines) is 1. The van der Waals surface area contributed by atoms with Gasteiger partial charge in [0.15, 0.2) is 0 Å². The Labute approximate surface area is 154 Å². The first kappa shape index (κ1) is 17.4.